The molecule has 0 saturated carbocycles. The number of hydrogen-bond donors (Lipinski definition) is 1. The molecule has 1 atom stereocenters. The second-order valence-corrected chi connectivity index (χ2v) is 5.57. The second kappa shape index (κ2) is 6.98. The third-order valence-electron chi connectivity index (χ3n) is 3.65. The molecule has 2 heterocycles. The number of nitrogens with one attached hydrogen (secondary N) is 1. The minimum absolute atomic E-state index is 0.157. The molecular weight excluding hydrogens is 334 g/mol. The van der Waals surface area contributed by atoms with Gasteiger partial charge in [-0.2, -0.15) is 4.68 Å². The van der Waals surface area contributed by atoms with Crippen LogP contribution in [0.15, 0.2) is 35.5 Å². The largest absolute Gasteiger partial charge is 0.460 e. The maximum atomic E-state index is 12.6. The molecule has 3 rings (SSSR count). The topological polar surface area (TPSA) is 91.2 Å². The minimum Gasteiger partial charge on any atom is -0.460 e. The molecule has 1 aliphatic rings. The normalized spacial score (nSPS) is 16.5. The van der Waals surface area contributed by atoms with Crippen molar-refractivity contribution in [2.75, 3.05) is 25.6 Å². The first-order valence-electron chi connectivity index (χ1n) is 7.29. The number of esters is 1. The Hall–Kier alpha value is -2.45. The van der Waals surface area contributed by atoms with Gasteiger partial charge in [0.1, 0.15) is 12.6 Å². The summed E-state index contributed by atoms with van der Waals surface area (Å²) in [5.41, 5.74) is 1.73. The number of carbonyl (C=O) groups is 1. The summed E-state index contributed by atoms with van der Waals surface area (Å²) < 4.78 is 11.7. The van der Waals surface area contributed by atoms with E-state index >= 15 is 0 Å². The van der Waals surface area contributed by atoms with Gasteiger partial charge in [-0.15, -0.1) is 0 Å². The SMILES string of the molecule is COCCOC(=O)C1=C(C)Nc2nnnn2[C@H]1c1ccccc1Cl. The molecule has 0 bridgehead atoms. The van der Waals surface area contributed by atoms with E-state index in [0.717, 1.165) is 0 Å². The minimum atomic E-state index is -0.569. The molecule has 0 unspecified atom stereocenters. The summed E-state index contributed by atoms with van der Waals surface area (Å²) in [5, 5.41) is 15.1. The highest BCUT2D eigenvalue weighted by atomic mass is 35.5. The molecule has 0 amide bonds. The molecule has 0 radical (unpaired) electrons. The zero-order chi connectivity index (χ0) is 17.1. The van der Waals surface area contributed by atoms with Crippen LogP contribution in [-0.4, -0.2) is 46.5 Å². The highest BCUT2D eigenvalue weighted by Gasteiger charge is 2.35. The van der Waals surface area contributed by atoms with Crippen molar-refractivity contribution in [3.63, 3.8) is 0 Å². The number of fused-ring (bicyclic) bond motifs is 1. The van der Waals surface area contributed by atoms with Crippen molar-refractivity contribution in [2.24, 2.45) is 0 Å². The van der Waals surface area contributed by atoms with Gasteiger partial charge in [0.2, 0.25) is 5.95 Å². The summed E-state index contributed by atoms with van der Waals surface area (Å²) in [6, 6.07) is 6.68. The molecule has 2 aromatic rings. The predicted octanol–water partition coefficient (Wildman–Crippen LogP) is 1.80. The summed E-state index contributed by atoms with van der Waals surface area (Å²) in [6.45, 7) is 2.25. The van der Waals surface area contributed by atoms with E-state index in [1.165, 1.54) is 4.68 Å². The van der Waals surface area contributed by atoms with Crippen LogP contribution in [-0.2, 0) is 14.3 Å². The average molecular weight is 350 g/mol. The lowest BCUT2D eigenvalue weighted by atomic mass is 9.96. The van der Waals surface area contributed by atoms with Gasteiger partial charge < -0.3 is 14.8 Å². The molecule has 9 heteroatoms. The molecule has 0 fully saturated rings. The zero-order valence-corrected chi connectivity index (χ0v) is 13.9. The van der Waals surface area contributed by atoms with Crippen LogP contribution in [0.5, 0.6) is 0 Å². The first-order chi connectivity index (χ1) is 11.6. The Bertz CT molecular complexity index is 789. The van der Waals surface area contributed by atoms with E-state index in [2.05, 4.69) is 20.8 Å². The van der Waals surface area contributed by atoms with E-state index < -0.39 is 12.0 Å². The van der Waals surface area contributed by atoms with Crippen molar-refractivity contribution in [1.29, 1.82) is 0 Å². The standard InChI is InChI=1S/C15H16ClN5O3/c1-9-12(14(22)24-8-7-23-2)13(10-5-3-4-6-11(10)16)21-15(17-9)18-19-20-21/h3-6,13H,7-8H2,1-2H3,(H,17,18,20)/t13-/m0/s1. The maximum Gasteiger partial charge on any atom is 0.338 e. The van der Waals surface area contributed by atoms with Crippen LogP contribution in [0.4, 0.5) is 5.95 Å². The number of carbonyl (C=O) groups excluding carboxylic acids is 1. The molecule has 1 aromatic carbocycles. The highest BCUT2D eigenvalue weighted by molar-refractivity contribution is 6.31. The first-order valence-corrected chi connectivity index (χ1v) is 7.67. The van der Waals surface area contributed by atoms with E-state index in [4.69, 9.17) is 21.1 Å². The molecule has 1 N–H and O–H groups in total. The number of tetrazole rings is 1. The molecule has 1 aromatic heterocycles. The van der Waals surface area contributed by atoms with Crippen LogP contribution < -0.4 is 5.32 Å². The number of rotatable bonds is 5. The molecule has 0 aliphatic carbocycles. The van der Waals surface area contributed by atoms with Crippen molar-refractivity contribution in [3.05, 3.63) is 46.1 Å². The fourth-order valence-corrected chi connectivity index (χ4v) is 2.80. The Morgan fingerprint density at radius 2 is 2.17 bits per heavy atom. The highest BCUT2D eigenvalue weighted by Crippen LogP contribution is 2.37. The number of anilines is 1. The van der Waals surface area contributed by atoms with Gasteiger partial charge in [0, 0.05) is 23.4 Å². The lowest BCUT2D eigenvalue weighted by Gasteiger charge is -2.27. The number of aromatic nitrogens is 4. The summed E-state index contributed by atoms with van der Waals surface area (Å²) >= 11 is 6.34. The summed E-state index contributed by atoms with van der Waals surface area (Å²) in [4.78, 5) is 12.6. The van der Waals surface area contributed by atoms with E-state index in [-0.39, 0.29) is 6.61 Å². The summed E-state index contributed by atoms with van der Waals surface area (Å²) in [6.07, 6.45) is 0. The van der Waals surface area contributed by atoms with Gasteiger partial charge in [0.05, 0.1) is 12.2 Å². The van der Waals surface area contributed by atoms with Gasteiger partial charge in [0.15, 0.2) is 0 Å². The fraction of sp³-hybridized carbons (Fsp3) is 0.333. The van der Waals surface area contributed by atoms with Gasteiger partial charge in [-0.1, -0.05) is 34.9 Å². The van der Waals surface area contributed by atoms with Crippen LogP contribution in [0.1, 0.15) is 18.5 Å². The molecular formula is C15H16ClN5O3. The van der Waals surface area contributed by atoms with E-state index in [9.17, 15) is 4.79 Å². The zero-order valence-electron chi connectivity index (χ0n) is 13.2. The quantitative estimate of drug-likeness (QED) is 0.650. The molecule has 1 aliphatic heterocycles. The lowest BCUT2D eigenvalue weighted by Crippen LogP contribution is -2.30. The fourth-order valence-electron chi connectivity index (χ4n) is 2.56. The van der Waals surface area contributed by atoms with Gasteiger partial charge in [-0.05, 0) is 23.4 Å². The van der Waals surface area contributed by atoms with Crippen LogP contribution in [0, 0.1) is 0 Å². The van der Waals surface area contributed by atoms with Crippen LogP contribution in [0.2, 0.25) is 5.02 Å². The van der Waals surface area contributed by atoms with Crippen molar-refractivity contribution >= 4 is 23.5 Å². The summed E-state index contributed by atoms with van der Waals surface area (Å²) in [7, 11) is 1.54. The van der Waals surface area contributed by atoms with Crippen molar-refractivity contribution in [3.8, 4) is 0 Å². The van der Waals surface area contributed by atoms with E-state index in [0.29, 0.717) is 34.4 Å². The van der Waals surface area contributed by atoms with Crippen molar-refractivity contribution < 1.29 is 14.3 Å². The van der Waals surface area contributed by atoms with Crippen LogP contribution >= 0.6 is 11.6 Å². The van der Waals surface area contributed by atoms with E-state index in [1.54, 1.807) is 20.1 Å². The molecule has 8 nitrogen and oxygen atoms in total. The Labute approximate surface area is 143 Å². The van der Waals surface area contributed by atoms with E-state index in [1.807, 2.05) is 18.2 Å². The number of nitrogens with zero attached hydrogens (tertiary/aromatic N) is 4. The first kappa shape index (κ1) is 16.4. The third kappa shape index (κ3) is 2.98. The number of allylic oxidation sites excluding steroid dienone is 1. The third-order valence-corrected chi connectivity index (χ3v) is 4.00. The number of hydrogen-bond acceptors (Lipinski definition) is 7. The number of halogens is 1. The van der Waals surface area contributed by atoms with Gasteiger partial charge in [0.25, 0.3) is 0 Å². The van der Waals surface area contributed by atoms with Crippen LogP contribution in [0.25, 0.3) is 0 Å². The number of benzene rings is 1. The van der Waals surface area contributed by atoms with Crippen molar-refractivity contribution in [1.82, 2.24) is 20.2 Å². The number of methoxy groups -OCH3 is 1. The van der Waals surface area contributed by atoms with Crippen LogP contribution in [0.3, 0.4) is 0 Å². The Morgan fingerprint density at radius 3 is 2.92 bits per heavy atom. The average Bonchev–Trinajstić information content (AvgIpc) is 3.02. The number of ether oxygens (including phenoxy) is 2. The monoisotopic (exact) mass is 349 g/mol. The Kier molecular flexibility index (Phi) is 4.77. The Morgan fingerprint density at radius 1 is 1.38 bits per heavy atom. The van der Waals surface area contributed by atoms with Gasteiger partial charge in [-0.25, -0.2) is 4.79 Å². The lowest BCUT2D eigenvalue weighted by molar-refractivity contribution is -0.140. The van der Waals surface area contributed by atoms with Crippen molar-refractivity contribution in [2.45, 2.75) is 13.0 Å². The molecule has 126 valence electrons. The second-order valence-electron chi connectivity index (χ2n) is 5.16. The molecule has 0 saturated heterocycles. The summed E-state index contributed by atoms with van der Waals surface area (Å²) in [5.74, 6) is -0.0334. The molecule has 0 spiro atoms. The Balaban J connectivity index is 2.04. The van der Waals surface area contributed by atoms with Gasteiger partial charge >= 0.3 is 5.97 Å². The molecule has 24 heavy (non-hydrogen) atoms. The smallest absolute Gasteiger partial charge is 0.338 e. The predicted molar refractivity (Wildman–Crippen MR) is 86.6 cm³/mol. The maximum absolute atomic E-state index is 12.6. The van der Waals surface area contributed by atoms with Gasteiger partial charge in [-0.3, -0.25) is 0 Å².